The van der Waals surface area contributed by atoms with Crippen LogP contribution in [0.3, 0.4) is 0 Å². The van der Waals surface area contributed by atoms with Crippen LogP contribution in [0.25, 0.3) is 43.6 Å². The van der Waals surface area contributed by atoms with Gasteiger partial charge < -0.3 is 25.5 Å². The number of aliphatic hydroxyl groups is 1. The standard InChI is InChI=1S/C20H25N.C15H16O2.C15H16.C13H12N2/c1-19(2,3)13-7-9-17-15(11-13)16-12-14(20(4,5)6)8-10-18(16)21-17;1-17-15-8-6-13(7-9-15)10-12-2-4-14(11-16)5-3-12;1-12-3-7-14(8-4-12)11-15-9-5-13(2)6-10-15;1-8-2-4-12-10(6-8)11-7-9(14)3-5-13(11)15-12/h7-12,21H,1-6H3;2-9,16H,10-11H2,1H3;3-10H,11H2,1-2H3;2-7,15H,14H2,1H3. The number of aromatic nitrogens is 2. The second kappa shape index (κ2) is 21.3. The van der Waals surface area contributed by atoms with Crippen molar-refractivity contribution in [1.29, 1.82) is 0 Å². The summed E-state index contributed by atoms with van der Waals surface area (Å²) in [6.07, 6.45) is 1.93. The summed E-state index contributed by atoms with van der Waals surface area (Å²) in [4.78, 5) is 6.91. The van der Waals surface area contributed by atoms with Crippen LogP contribution in [-0.4, -0.2) is 22.2 Å². The van der Waals surface area contributed by atoms with Gasteiger partial charge in [-0.05, 0) is 150 Å². The van der Waals surface area contributed by atoms with Gasteiger partial charge >= 0.3 is 0 Å². The van der Waals surface area contributed by atoms with E-state index in [0.717, 1.165) is 35.4 Å². The Morgan fingerprint density at radius 2 is 0.750 bits per heavy atom. The lowest BCUT2D eigenvalue weighted by Crippen LogP contribution is -2.10. The van der Waals surface area contributed by atoms with Crippen LogP contribution in [-0.2, 0) is 30.3 Å². The summed E-state index contributed by atoms with van der Waals surface area (Å²) in [6.45, 7) is 20.0. The molecule has 2 heterocycles. The predicted molar refractivity (Wildman–Crippen MR) is 291 cm³/mol. The minimum atomic E-state index is 0.100. The van der Waals surface area contributed by atoms with Crippen molar-refractivity contribution in [3.8, 4) is 5.75 Å². The topological polar surface area (TPSA) is 87.1 Å². The van der Waals surface area contributed by atoms with Crippen molar-refractivity contribution >= 4 is 49.3 Å². The summed E-state index contributed by atoms with van der Waals surface area (Å²) >= 11 is 0. The first-order chi connectivity index (χ1) is 32.4. The second-order valence-corrected chi connectivity index (χ2v) is 20.3. The minimum absolute atomic E-state index is 0.100. The number of aromatic amines is 2. The first kappa shape index (κ1) is 48.8. The molecule has 348 valence electrons. The van der Waals surface area contributed by atoms with Crippen LogP contribution >= 0.6 is 0 Å². The van der Waals surface area contributed by atoms with Crippen LogP contribution in [0.15, 0.2) is 170 Å². The number of aryl methyl sites for hydroxylation is 3. The molecule has 0 aliphatic rings. The number of methoxy groups -OCH3 is 1. The number of hydrogen-bond donors (Lipinski definition) is 4. The highest BCUT2D eigenvalue weighted by molar-refractivity contribution is 6.09. The average molecular weight is 900 g/mol. The van der Waals surface area contributed by atoms with Crippen molar-refractivity contribution in [2.45, 2.75) is 92.6 Å². The molecule has 5 N–H and O–H groups in total. The highest BCUT2D eigenvalue weighted by atomic mass is 16.5. The molecule has 0 saturated heterocycles. The number of ether oxygens (including phenoxy) is 1. The number of H-pyrrole nitrogens is 2. The van der Waals surface area contributed by atoms with Crippen LogP contribution in [0.5, 0.6) is 5.75 Å². The molecule has 5 heteroatoms. The highest BCUT2D eigenvalue weighted by Gasteiger charge is 2.18. The number of nitrogens with one attached hydrogen (secondary N) is 2. The lowest BCUT2D eigenvalue weighted by Gasteiger charge is -2.19. The van der Waals surface area contributed by atoms with E-state index >= 15 is 0 Å². The lowest BCUT2D eigenvalue weighted by atomic mass is 9.85. The Bertz CT molecular complexity index is 3000. The predicted octanol–water partition coefficient (Wildman–Crippen LogP) is 15.8. The van der Waals surface area contributed by atoms with Gasteiger partial charge in [-0.2, -0.15) is 0 Å². The third-order valence-electron chi connectivity index (χ3n) is 12.5. The quantitative estimate of drug-likeness (QED) is 0.125. The van der Waals surface area contributed by atoms with Crippen molar-refractivity contribution in [3.05, 3.63) is 225 Å². The molecule has 10 rings (SSSR count). The summed E-state index contributed by atoms with van der Waals surface area (Å²) in [5.41, 5.74) is 24.6. The van der Waals surface area contributed by atoms with Gasteiger partial charge in [-0.25, -0.2) is 0 Å². The number of hydrogen-bond acceptors (Lipinski definition) is 3. The molecule has 0 unspecified atom stereocenters. The maximum atomic E-state index is 8.96. The van der Waals surface area contributed by atoms with Gasteiger partial charge in [-0.1, -0.05) is 161 Å². The SMILES string of the molecule is CC(C)(C)c1ccc2[nH]c3ccc(C(C)(C)C)cc3c2c1.COc1ccc(Cc2ccc(CO)cc2)cc1.Cc1ccc(Cc2ccc(C)cc2)cc1.Cc1ccc2[nH]c3ccc(N)cc3c2c1. The molecule has 0 spiro atoms. The number of fused-ring (bicyclic) bond motifs is 6. The molecule has 5 nitrogen and oxygen atoms in total. The first-order valence-electron chi connectivity index (χ1n) is 23.7. The number of nitrogen functional groups attached to an aromatic ring is 1. The number of rotatable bonds is 6. The molecule has 0 aliphatic carbocycles. The fourth-order valence-corrected chi connectivity index (χ4v) is 8.25. The molecular formula is C63H69N3O2. The van der Waals surface area contributed by atoms with Gasteiger partial charge in [0.15, 0.2) is 0 Å². The molecule has 8 aromatic carbocycles. The van der Waals surface area contributed by atoms with E-state index < -0.39 is 0 Å². The molecule has 0 radical (unpaired) electrons. The lowest BCUT2D eigenvalue weighted by molar-refractivity contribution is 0.282. The number of nitrogens with two attached hydrogens (primary N) is 1. The fraction of sp³-hybridized carbons (Fsp3) is 0.238. The van der Waals surface area contributed by atoms with E-state index in [0.29, 0.717) is 0 Å². The minimum Gasteiger partial charge on any atom is -0.497 e. The second-order valence-electron chi connectivity index (χ2n) is 20.3. The Morgan fingerprint density at radius 3 is 1.16 bits per heavy atom. The Hall–Kier alpha value is -7.08. The summed E-state index contributed by atoms with van der Waals surface area (Å²) in [5.74, 6) is 0.879. The van der Waals surface area contributed by atoms with Crippen LogP contribution in [0.2, 0.25) is 0 Å². The maximum Gasteiger partial charge on any atom is 0.118 e. The summed E-state index contributed by atoms with van der Waals surface area (Å²) in [7, 11) is 1.67. The molecule has 0 fully saturated rings. The third kappa shape index (κ3) is 12.7. The van der Waals surface area contributed by atoms with Crippen LogP contribution in [0, 0.1) is 20.8 Å². The van der Waals surface area contributed by atoms with E-state index in [1.54, 1.807) is 7.11 Å². The van der Waals surface area contributed by atoms with Gasteiger partial charge in [0, 0.05) is 49.3 Å². The molecule has 0 saturated carbocycles. The van der Waals surface area contributed by atoms with E-state index in [9.17, 15) is 0 Å². The molecule has 0 amide bonds. The molecular weight excluding hydrogens is 831 g/mol. The van der Waals surface area contributed by atoms with E-state index in [1.165, 1.54) is 88.2 Å². The van der Waals surface area contributed by atoms with E-state index in [1.807, 2.05) is 42.5 Å². The monoisotopic (exact) mass is 900 g/mol. The summed E-state index contributed by atoms with van der Waals surface area (Å²) < 4.78 is 5.12. The Kier molecular flexibility index (Phi) is 15.3. The summed E-state index contributed by atoms with van der Waals surface area (Å²) in [5, 5.41) is 14.1. The van der Waals surface area contributed by atoms with E-state index in [4.69, 9.17) is 15.6 Å². The Balaban J connectivity index is 0.000000136. The molecule has 2 aromatic heterocycles. The zero-order chi connectivity index (χ0) is 48.6. The molecule has 0 bridgehead atoms. The smallest absolute Gasteiger partial charge is 0.118 e. The molecule has 0 aliphatic heterocycles. The first-order valence-corrected chi connectivity index (χ1v) is 23.7. The Labute approximate surface area is 404 Å². The van der Waals surface area contributed by atoms with Gasteiger partial charge in [0.1, 0.15) is 5.75 Å². The van der Waals surface area contributed by atoms with Crippen molar-refractivity contribution < 1.29 is 9.84 Å². The number of anilines is 1. The van der Waals surface area contributed by atoms with Crippen LogP contribution in [0.4, 0.5) is 5.69 Å². The largest absolute Gasteiger partial charge is 0.497 e. The maximum absolute atomic E-state index is 8.96. The van der Waals surface area contributed by atoms with Gasteiger partial charge in [0.2, 0.25) is 0 Å². The molecule has 68 heavy (non-hydrogen) atoms. The van der Waals surface area contributed by atoms with Gasteiger partial charge in [0.05, 0.1) is 13.7 Å². The van der Waals surface area contributed by atoms with Crippen molar-refractivity contribution in [3.63, 3.8) is 0 Å². The third-order valence-corrected chi connectivity index (χ3v) is 12.5. The van der Waals surface area contributed by atoms with E-state index in [-0.39, 0.29) is 17.4 Å². The van der Waals surface area contributed by atoms with Gasteiger partial charge in [0.25, 0.3) is 0 Å². The average Bonchev–Trinajstić information content (AvgIpc) is 3.88. The molecule has 10 aromatic rings. The number of aliphatic hydroxyl groups excluding tert-OH is 1. The zero-order valence-corrected chi connectivity index (χ0v) is 41.7. The van der Waals surface area contributed by atoms with Gasteiger partial charge in [-0.3, -0.25) is 0 Å². The molecule has 0 atom stereocenters. The fourth-order valence-electron chi connectivity index (χ4n) is 8.25. The van der Waals surface area contributed by atoms with Crippen molar-refractivity contribution in [2.24, 2.45) is 0 Å². The normalized spacial score (nSPS) is 11.4. The van der Waals surface area contributed by atoms with Crippen LogP contribution < -0.4 is 10.5 Å². The Morgan fingerprint density at radius 1 is 0.412 bits per heavy atom. The highest BCUT2D eigenvalue weighted by Crippen LogP contribution is 2.34. The van der Waals surface area contributed by atoms with Crippen LogP contribution in [0.1, 0.15) is 97.2 Å². The van der Waals surface area contributed by atoms with Crippen molar-refractivity contribution in [2.75, 3.05) is 12.8 Å². The van der Waals surface area contributed by atoms with Gasteiger partial charge in [-0.15, -0.1) is 0 Å². The van der Waals surface area contributed by atoms with E-state index in [2.05, 4.69) is 200 Å². The summed E-state index contributed by atoms with van der Waals surface area (Å²) in [6, 6.07) is 59.6. The van der Waals surface area contributed by atoms with Crippen molar-refractivity contribution in [1.82, 2.24) is 9.97 Å². The number of benzene rings is 8. The zero-order valence-electron chi connectivity index (χ0n) is 41.7.